The summed E-state index contributed by atoms with van der Waals surface area (Å²) in [5.41, 5.74) is 8.15. The van der Waals surface area contributed by atoms with E-state index in [0.29, 0.717) is 11.5 Å². The maximum Gasteiger partial charge on any atom is 0.127 e. The Kier molecular flexibility index (Phi) is 4.67. The molecule has 0 spiro atoms. The van der Waals surface area contributed by atoms with Crippen LogP contribution in [0.25, 0.3) is 0 Å². The SMILES string of the molecule is CCn1ncc(Br)c1C(N)c1c(OC)cccc1OC. The van der Waals surface area contributed by atoms with Gasteiger partial charge >= 0.3 is 0 Å². The highest BCUT2D eigenvalue weighted by Gasteiger charge is 2.24. The molecule has 0 radical (unpaired) electrons. The summed E-state index contributed by atoms with van der Waals surface area (Å²) in [6.45, 7) is 2.77. The molecule has 1 unspecified atom stereocenters. The number of halogens is 1. The standard InChI is InChI=1S/C14H18BrN3O2/c1-4-18-14(9(15)8-17-18)13(16)12-10(19-2)6-5-7-11(12)20-3/h5-8,13H,4,16H2,1-3H3. The van der Waals surface area contributed by atoms with Crippen LogP contribution in [0.15, 0.2) is 28.9 Å². The van der Waals surface area contributed by atoms with E-state index in [1.807, 2.05) is 29.8 Å². The van der Waals surface area contributed by atoms with Crippen LogP contribution in [0, 0.1) is 0 Å². The van der Waals surface area contributed by atoms with E-state index in [-0.39, 0.29) is 0 Å². The Balaban J connectivity index is 2.58. The highest BCUT2D eigenvalue weighted by molar-refractivity contribution is 9.10. The minimum absolute atomic E-state index is 0.391. The summed E-state index contributed by atoms with van der Waals surface area (Å²) in [5.74, 6) is 1.40. The molecule has 2 aromatic rings. The molecule has 1 atom stereocenters. The lowest BCUT2D eigenvalue weighted by atomic mass is 10.0. The van der Waals surface area contributed by atoms with Crippen LogP contribution < -0.4 is 15.2 Å². The van der Waals surface area contributed by atoms with Crippen LogP contribution in [0.1, 0.15) is 24.2 Å². The topological polar surface area (TPSA) is 62.3 Å². The van der Waals surface area contributed by atoms with E-state index in [2.05, 4.69) is 21.0 Å². The van der Waals surface area contributed by atoms with E-state index in [0.717, 1.165) is 22.3 Å². The van der Waals surface area contributed by atoms with Crippen molar-refractivity contribution in [1.82, 2.24) is 9.78 Å². The molecule has 0 aliphatic carbocycles. The number of methoxy groups -OCH3 is 2. The van der Waals surface area contributed by atoms with Crippen LogP contribution in [-0.2, 0) is 6.54 Å². The molecule has 0 aliphatic heterocycles. The number of nitrogens with two attached hydrogens (primary N) is 1. The normalized spacial score (nSPS) is 12.2. The van der Waals surface area contributed by atoms with Gasteiger partial charge in [-0.05, 0) is 35.0 Å². The second-order valence-corrected chi connectivity index (χ2v) is 5.10. The maximum absolute atomic E-state index is 6.44. The zero-order valence-corrected chi connectivity index (χ0v) is 13.3. The van der Waals surface area contributed by atoms with Crippen molar-refractivity contribution in [2.75, 3.05) is 14.2 Å². The van der Waals surface area contributed by atoms with E-state index in [4.69, 9.17) is 15.2 Å². The first kappa shape index (κ1) is 14.9. The molecule has 108 valence electrons. The minimum atomic E-state index is -0.391. The molecule has 1 aromatic heterocycles. The van der Waals surface area contributed by atoms with Gasteiger partial charge in [0.1, 0.15) is 11.5 Å². The Bertz CT molecular complexity index is 576. The van der Waals surface area contributed by atoms with Crippen LogP contribution in [0.3, 0.4) is 0 Å². The van der Waals surface area contributed by atoms with E-state index in [1.165, 1.54) is 0 Å². The Morgan fingerprint density at radius 3 is 2.40 bits per heavy atom. The van der Waals surface area contributed by atoms with Gasteiger partial charge in [0.15, 0.2) is 0 Å². The number of rotatable bonds is 5. The molecule has 0 amide bonds. The van der Waals surface area contributed by atoms with Gasteiger partial charge in [-0.1, -0.05) is 6.07 Å². The van der Waals surface area contributed by atoms with Crippen LogP contribution in [0.2, 0.25) is 0 Å². The van der Waals surface area contributed by atoms with E-state index in [9.17, 15) is 0 Å². The van der Waals surface area contributed by atoms with E-state index < -0.39 is 6.04 Å². The van der Waals surface area contributed by atoms with E-state index in [1.54, 1.807) is 20.4 Å². The molecular formula is C14H18BrN3O2. The van der Waals surface area contributed by atoms with Gasteiger partial charge in [-0.2, -0.15) is 5.10 Å². The molecule has 0 saturated carbocycles. The molecule has 2 rings (SSSR count). The van der Waals surface area contributed by atoms with Crippen molar-refractivity contribution in [3.63, 3.8) is 0 Å². The Hall–Kier alpha value is -1.53. The summed E-state index contributed by atoms with van der Waals surface area (Å²) in [6.07, 6.45) is 1.75. The van der Waals surface area contributed by atoms with Crippen molar-refractivity contribution in [2.24, 2.45) is 5.73 Å². The van der Waals surface area contributed by atoms with Crippen LogP contribution >= 0.6 is 15.9 Å². The predicted octanol–water partition coefficient (Wildman–Crippen LogP) is 2.73. The predicted molar refractivity (Wildman–Crippen MR) is 81.2 cm³/mol. The molecule has 0 saturated heterocycles. The Labute approximate surface area is 126 Å². The summed E-state index contributed by atoms with van der Waals surface area (Å²) in [6, 6.07) is 5.23. The molecule has 1 aromatic carbocycles. The van der Waals surface area contributed by atoms with Crippen molar-refractivity contribution >= 4 is 15.9 Å². The van der Waals surface area contributed by atoms with Gasteiger partial charge < -0.3 is 15.2 Å². The number of ether oxygens (including phenoxy) is 2. The molecule has 2 N–H and O–H groups in total. The smallest absolute Gasteiger partial charge is 0.127 e. The average Bonchev–Trinajstić information content (AvgIpc) is 2.86. The van der Waals surface area contributed by atoms with Gasteiger partial charge in [0.05, 0.1) is 42.2 Å². The third-order valence-electron chi connectivity index (χ3n) is 3.20. The summed E-state index contributed by atoms with van der Waals surface area (Å²) in [4.78, 5) is 0. The average molecular weight is 340 g/mol. The van der Waals surface area contributed by atoms with Crippen molar-refractivity contribution in [3.8, 4) is 11.5 Å². The molecular weight excluding hydrogens is 322 g/mol. The van der Waals surface area contributed by atoms with Gasteiger partial charge in [-0.25, -0.2) is 0 Å². The number of hydrogen-bond donors (Lipinski definition) is 1. The number of nitrogens with zero attached hydrogens (tertiary/aromatic N) is 2. The van der Waals surface area contributed by atoms with Gasteiger partial charge in [0.25, 0.3) is 0 Å². The van der Waals surface area contributed by atoms with Crippen LogP contribution in [0.5, 0.6) is 11.5 Å². The van der Waals surface area contributed by atoms with Gasteiger partial charge in [-0.15, -0.1) is 0 Å². The Morgan fingerprint density at radius 2 is 1.90 bits per heavy atom. The third-order valence-corrected chi connectivity index (χ3v) is 3.82. The summed E-state index contributed by atoms with van der Waals surface area (Å²) in [5, 5.41) is 4.30. The zero-order valence-electron chi connectivity index (χ0n) is 11.8. The monoisotopic (exact) mass is 339 g/mol. The van der Waals surface area contributed by atoms with Crippen molar-refractivity contribution < 1.29 is 9.47 Å². The zero-order chi connectivity index (χ0) is 14.7. The molecule has 1 heterocycles. The molecule has 20 heavy (non-hydrogen) atoms. The first-order chi connectivity index (χ1) is 9.63. The lowest BCUT2D eigenvalue weighted by Gasteiger charge is -2.20. The molecule has 0 fully saturated rings. The first-order valence-electron chi connectivity index (χ1n) is 6.31. The van der Waals surface area contributed by atoms with Crippen LogP contribution in [0.4, 0.5) is 0 Å². The lowest BCUT2D eigenvalue weighted by Crippen LogP contribution is -2.19. The lowest BCUT2D eigenvalue weighted by molar-refractivity contribution is 0.381. The fourth-order valence-corrected chi connectivity index (χ4v) is 2.80. The van der Waals surface area contributed by atoms with Crippen LogP contribution in [-0.4, -0.2) is 24.0 Å². The number of hydrogen-bond acceptors (Lipinski definition) is 4. The highest BCUT2D eigenvalue weighted by Crippen LogP contribution is 2.37. The Morgan fingerprint density at radius 1 is 1.30 bits per heavy atom. The van der Waals surface area contributed by atoms with E-state index >= 15 is 0 Å². The van der Waals surface area contributed by atoms with Crippen molar-refractivity contribution in [2.45, 2.75) is 19.5 Å². The summed E-state index contributed by atoms with van der Waals surface area (Å²) < 4.78 is 13.6. The maximum atomic E-state index is 6.44. The van der Waals surface area contributed by atoms with Gasteiger partial charge in [-0.3, -0.25) is 4.68 Å². The number of aromatic nitrogens is 2. The largest absolute Gasteiger partial charge is 0.496 e. The van der Waals surface area contributed by atoms with Crippen molar-refractivity contribution in [3.05, 3.63) is 40.1 Å². The molecule has 0 aliphatic rings. The fraction of sp³-hybridized carbons (Fsp3) is 0.357. The first-order valence-corrected chi connectivity index (χ1v) is 7.11. The van der Waals surface area contributed by atoms with Crippen molar-refractivity contribution in [1.29, 1.82) is 0 Å². The molecule has 5 nitrogen and oxygen atoms in total. The quantitative estimate of drug-likeness (QED) is 0.909. The number of benzene rings is 1. The summed E-state index contributed by atoms with van der Waals surface area (Å²) >= 11 is 3.50. The summed E-state index contributed by atoms with van der Waals surface area (Å²) in [7, 11) is 3.24. The minimum Gasteiger partial charge on any atom is -0.496 e. The fourth-order valence-electron chi connectivity index (χ4n) is 2.26. The second kappa shape index (κ2) is 6.28. The molecule has 6 heteroatoms. The molecule has 0 bridgehead atoms. The third kappa shape index (κ3) is 2.53. The van der Waals surface area contributed by atoms with Gasteiger partial charge in [0.2, 0.25) is 0 Å². The second-order valence-electron chi connectivity index (χ2n) is 4.25. The number of aryl methyl sites for hydroxylation is 1. The highest BCUT2D eigenvalue weighted by atomic mass is 79.9. The van der Waals surface area contributed by atoms with Gasteiger partial charge in [0, 0.05) is 6.54 Å².